The first kappa shape index (κ1) is 25.4. The lowest BCUT2D eigenvalue weighted by Gasteiger charge is -2.30. The average molecular weight is 510 g/mol. The Morgan fingerprint density at radius 2 is 1.95 bits per heavy atom. The molecule has 198 valence electrons. The van der Waals surface area contributed by atoms with E-state index in [-0.39, 0.29) is 17.5 Å². The summed E-state index contributed by atoms with van der Waals surface area (Å²) in [6, 6.07) is 14.9. The van der Waals surface area contributed by atoms with Gasteiger partial charge < -0.3 is 29.3 Å². The molecule has 9 heteroatoms. The lowest BCUT2D eigenvalue weighted by molar-refractivity contribution is 0.00803. The van der Waals surface area contributed by atoms with Crippen LogP contribution in [-0.2, 0) is 20.7 Å². The van der Waals surface area contributed by atoms with Crippen molar-refractivity contribution in [2.45, 2.75) is 51.3 Å². The van der Waals surface area contributed by atoms with Crippen LogP contribution in [0, 0.1) is 5.41 Å². The normalized spacial score (nSPS) is 24.9. The molecular weight excluding hydrogens is 474 g/mol. The van der Waals surface area contributed by atoms with Gasteiger partial charge in [0.25, 0.3) is 0 Å². The van der Waals surface area contributed by atoms with Crippen LogP contribution in [0.25, 0.3) is 0 Å². The van der Waals surface area contributed by atoms with Crippen molar-refractivity contribution in [1.29, 1.82) is 0 Å². The first-order valence-electron chi connectivity index (χ1n) is 12.8. The highest BCUT2D eigenvalue weighted by Crippen LogP contribution is 2.41. The number of hydrogen-bond donors (Lipinski definition) is 2. The van der Waals surface area contributed by atoms with Crippen molar-refractivity contribution >= 4 is 17.7 Å². The number of anilines is 1. The molecule has 3 heterocycles. The van der Waals surface area contributed by atoms with Crippen LogP contribution in [0.1, 0.15) is 43.1 Å². The first-order valence-corrected chi connectivity index (χ1v) is 12.8. The van der Waals surface area contributed by atoms with E-state index in [1.165, 1.54) is 0 Å². The summed E-state index contributed by atoms with van der Waals surface area (Å²) < 4.78 is 17.3. The van der Waals surface area contributed by atoms with Crippen molar-refractivity contribution in [2.75, 3.05) is 37.8 Å². The monoisotopic (exact) mass is 509 g/mol. The molecule has 0 aromatic heterocycles. The van der Waals surface area contributed by atoms with Crippen LogP contribution >= 0.6 is 0 Å². The van der Waals surface area contributed by atoms with E-state index >= 15 is 0 Å². The van der Waals surface area contributed by atoms with Crippen molar-refractivity contribution in [3.63, 3.8) is 0 Å². The number of nitrogens with zero attached hydrogens (tertiary/aromatic N) is 1. The van der Waals surface area contributed by atoms with Crippen LogP contribution in [0.4, 0.5) is 10.5 Å². The molecule has 2 aromatic carbocycles. The zero-order valence-electron chi connectivity index (χ0n) is 21.6. The summed E-state index contributed by atoms with van der Waals surface area (Å²) in [7, 11) is 0. The average Bonchev–Trinajstić information content (AvgIpc) is 3.48. The van der Waals surface area contributed by atoms with Gasteiger partial charge in [0, 0.05) is 36.9 Å². The molecule has 3 atom stereocenters. The molecule has 5 rings (SSSR count). The Morgan fingerprint density at radius 3 is 2.68 bits per heavy atom. The van der Waals surface area contributed by atoms with Gasteiger partial charge in [0.15, 0.2) is 0 Å². The Bertz CT molecular complexity index is 1130. The molecule has 0 radical (unpaired) electrons. The Balaban J connectivity index is 1.22. The van der Waals surface area contributed by atoms with E-state index < -0.39 is 17.7 Å². The number of benzene rings is 2. The Morgan fingerprint density at radius 1 is 1.14 bits per heavy atom. The number of hydroxylamine groups is 1. The number of amides is 1. The summed E-state index contributed by atoms with van der Waals surface area (Å²) in [6.07, 6.45) is 1.17. The van der Waals surface area contributed by atoms with Gasteiger partial charge in [0.1, 0.15) is 18.0 Å². The number of carbonyl (C=O) groups excluding carboxylic acids is 2. The molecule has 2 N–H and O–H groups in total. The molecule has 9 nitrogen and oxygen atoms in total. The zero-order valence-corrected chi connectivity index (χ0v) is 21.6. The lowest BCUT2D eigenvalue weighted by Crippen LogP contribution is -2.49. The number of ether oxygens (including phenoxy) is 3. The summed E-state index contributed by atoms with van der Waals surface area (Å²) in [5.41, 5.74) is 4.73. The highest BCUT2D eigenvalue weighted by molar-refractivity contribution is 5.89. The Labute approximate surface area is 217 Å². The lowest BCUT2D eigenvalue weighted by atomic mass is 9.82. The van der Waals surface area contributed by atoms with Crippen molar-refractivity contribution in [3.05, 3.63) is 59.7 Å². The summed E-state index contributed by atoms with van der Waals surface area (Å²) in [6.45, 7) is 8.73. The van der Waals surface area contributed by atoms with Gasteiger partial charge in [-0.3, -0.25) is 0 Å². The highest BCUT2D eigenvalue weighted by atomic mass is 16.7. The molecule has 2 unspecified atom stereocenters. The van der Waals surface area contributed by atoms with Gasteiger partial charge in [-0.2, -0.15) is 0 Å². The fourth-order valence-corrected chi connectivity index (χ4v) is 5.24. The number of hydrogen-bond acceptors (Lipinski definition) is 8. The van der Waals surface area contributed by atoms with Gasteiger partial charge in [-0.15, -0.1) is 5.48 Å². The topological polar surface area (TPSA) is 98.4 Å². The minimum atomic E-state index is -0.551. The maximum Gasteiger partial charge on any atom is 0.407 e. The van der Waals surface area contributed by atoms with E-state index in [4.69, 9.17) is 19.0 Å². The third-order valence-corrected chi connectivity index (χ3v) is 7.12. The number of nitrogens with one attached hydrogen (secondary N) is 2. The molecule has 0 bridgehead atoms. The van der Waals surface area contributed by atoms with Crippen LogP contribution in [0.2, 0.25) is 0 Å². The minimum Gasteiger partial charge on any atom is -0.491 e. The van der Waals surface area contributed by atoms with Crippen LogP contribution in [0.3, 0.4) is 0 Å². The molecule has 2 aromatic rings. The molecular formula is C28H35N3O6. The fraction of sp³-hybridized carbons (Fsp3) is 0.500. The zero-order chi connectivity index (χ0) is 26.0. The Kier molecular flexibility index (Phi) is 7.00. The summed E-state index contributed by atoms with van der Waals surface area (Å²) in [4.78, 5) is 32.3. The summed E-state index contributed by atoms with van der Waals surface area (Å²) in [5.74, 6) is 0.403. The molecule has 2 fully saturated rings. The van der Waals surface area contributed by atoms with Gasteiger partial charge in [-0.25, -0.2) is 9.59 Å². The van der Waals surface area contributed by atoms with Crippen LogP contribution in [0.15, 0.2) is 48.5 Å². The first-order chi connectivity index (χ1) is 17.7. The number of alkyl carbamates (subject to hydrolysis) is 1. The van der Waals surface area contributed by atoms with E-state index in [0.29, 0.717) is 38.3 Å². The molecule has 0 aliphatic carbocycles. The number of rotatable bonds is 5. The molecule has 0 saturated carbocycles. The van der Waals surface area contributed by atoms with E-state index in [0.717, 1.165) is 30.0 Å². The molecule has 3 aliphatic heterocycles. The van der Waals surface area contributed by atoms with Gasteiger partial charge >= 0.3 is 12.1 Å². The third-order valence-electron chi connectivity index (χ3n) is 7.12. The fourth-order valence-electron chi connectivity index (χ4n) is 5.24. The smallest absolute Gasteiger partial charge is 0.407 e. The quantitative estimate of drug-likeness (QED) is 0.592. The molecule has 1 spiro atoms. The van der Waals surface area contributed by atoms with E-state index in [1.807, 2.05) is 26.8 Å². The molecule has 3 aliphatic rings. The minimum absolute atomic E-state index is 0.0744. The second-order valence-corrected chi connectivity index (χ2v) is 11.1. The van der Waals surface area contributed by atoms with E-state index in [2.05, 4.69) is 33.9 Å². The maximum atomic E-state index is 12.5. The van der Waals surface area contributed by atoms with Gasteiger partial charge in [-0.05, 0) is 57.4 Å². The molecule has 37 heavy (non-hydrogen) atoms. The standard InChI is InChI=1S/C28H35N3O6/c1-27(2,3)36-26(33)29-24-15-31(17-28(24)11-12-34-18-28)22-10-9-20-13-21(16-35-23(20)14-22)30-37-25(32)19-7-5-4-6-8-19/h4-10,14,21,24,30H,11-13,15-18H2,1-3H3,(H,29,33)/t21-,24?,28?/m1/s1. The van der Waals surface area contributed by atoms with Gasteiger partial charge in [0.2, 0.25) is 0 Å². The number of carbonyl (C=O) groups is 2. The van der Waals surface area contributed by atoms with Crippen molar-refractivity contribution < 1.29 is 28.6 Å². The van der Waals surface area contributed by atoms with E-state index in [9.17, 15) is 9.59 Å². The predicted molar refractivity (Wildman–Crippen MR) is 138 cm³/mol. The predicted octanol–water partition coefficient (Wildman–Crippen LogP) is 3.47. The number of fused-ring (bicyclic) bond motifs is 1. The van der Waals surface area contributed by atoms with Crippen LogP contribution in [0.5, 0.6) is 5.75 Å². The second kappa shape index (κ2) is 10.2. The van der Waals surface area contributed by atoms with Crippen LogP contribution < -0.4 is 20.4 Å². The van der Waals surface area contributed by atoms with E-state index in [1.54, 1.807) is 24.3 Å². The summed E-state index contributed by atoms with van der Waals surface area (Å²) >= 11 is 0. The van der Waals surface area contributed by atoms with Crippen LogP contribution in [-0.4, -0.2) is 62.7 Å². The SMILES string of the molecule is CC(C)(C)OC(=O)NC1CN(c2ccc3c(c2)OC[C@H](NOC(=O)c2ccccc2)C3)CC12CCOC2. The maximum absolute atomic E-state index is 12.5. The second-order valence-electron chi connectivity index (χ2n) is 11.1. The molecule has 2 saturated heterocycles. The third kappa shape index (κ3) is 5.83. The largest absolute Gasteiger partial charge is 0.491 e. The van der Waals surface area contributed by atoms with Gasteiger partial charge in [-0.1, -0.05) is 24.3 Å². The van der Waals surface area contributed by atoms with Crippen molar-refractivity contribution in [2.24, 2.45) is 5.41 Å². The van der Waals surface area contributed by atoms with Crippen molar-refractivity contribution in [1.82, 2.24) is 10.8 Å². The Hall–Kier alpha value is -3.30. The van der Waals surface area contributed by atoms with Crippen molar-refractivity contribution in [3.8, 4) is 5.75 Å². The summed E-state index contributed by atoms with van der Waals surface area (Å²) in [5, 5.41) is 3.11. The van der Waals surface area contributed by atoms with Gasteiger partial charge in [0.05, 0.1) is 24.3 Å². The highest BCUT2D eigenvalue weighted by Gasteiger charge is 2.50. The molecule has 1 amide bonds.